The van der Waals surface area contributed by atoms with Gasteiger partial charge in [0.25, 0.3) is 0 Å². The van der Waals surface area contributed by atoms with E-state index in [9.17, 15) is 0 Å². The van der Waals surface area contributed by atoms with E-state index in [0.717, 1.165) is 17.8 Å². The normalized spacial score (nSPS) is 44.9. The van der Waals surface area contributed by atoms with Crippen LogP contribution >= 0.6 is 0 Å². The van der Waals surface area contributed by atoms with Crippen LogP contribution in [0.5, 0.6) is 0 Å². The van der Waals surface area contributed by atoms with Crippen molar-refractivity contribution in [3.05, 3.63) is 23.3 Å². The lowest BCUT2D eigenvalue weighted by Gasteiger charge is -2.54. The minimum Gasteiger partial charge on any atom is -0.316 e. The smallest absolute Gasteiger partial charge is 0.0124 e. The molecule has 4 aliphatic rings. The Morgan fingerprint density at radius 1 is 1.00 bits per heavy atom. The molecule has 0 radical (unpaired) electrons. The molecule has 0 aromatic carbocycles. The van der Waals surface area contributed by atoms with Crippen LogP contribution in [-0.4, -0.2) is 38.1 Å². The number of nitrogens with zero attached hydrogens (tertiary/aromatic N) is 1. The molecule has 29 heavy (non-hydrogen) atoms. The predicted octanol–water partition coefficient (Wildman–Crippen LogP) is 6.05. The first-order valence-corrected chi connectivity index (χ1v) is 12.3. The van der Waals surface area contributed by atoms with E-state index in [1.165, 1.54) is 44.9 Å². The molecule has 7 unspecified atom stereocenters. The van der Waals surface area contributed by atoms with Crippen LogP contribution in [0, 0.1) is 34.0 Å². The molecule has 0 aromatic rings. The Bertz CT molecular complexity index is 701. The van der Waals surface area contributed by atoms with Crippen LogP contribution in [-0.2, 0) is 0 Å². The van der Waals surface area contributed by atoms with Gasteiger partial charge in [0.2, 0.25) is 0 Å². The molecule has 7 atom stereocenters. The number of rotatable bonds is 3. The van der Waals surface area contributed by atoms with Crippen molar-refractivity contribution in [1.82, 2.24) is 10.2 Å². The van der Waals surface area contributed by atoms with Gasteiger partial charge in [0.05, 0.1) is 0 Å². The van der Waals surface area contributed by atoms with Gasteiger partial charge in [-0.1, -0.05) is 45.4 Å². The summed E-state index contributed by atoms with van der Waals surface area (Å²) in [6.07, 6.45) is 14.8. The van der Waals surface area contributed by atoms with Crippen molar-refractivity contribution in [3.63, 3.8) is 0 Å². The summed E-state index contributed by atoms with van der Waals surface area (Å²) in [7, 11) is 6.71. The molecule has 2 heteroatoms. The minimum atomic E-state index is 0.356. The van der Waals surface area contributed by atoms with Crippen LogP contribution in [0.4, 0.5) is 0 Å². The zero-order valence-corrected chi connectivity index (χ0v) is 20.4. The van der Waals surface area contributed by atoms with Crippen LogP contribution in [0.2, 0.25) is 0 Å². The summed E-state index contributed by atoms with van der Waals surface area (Å²) in [5, 5.41) is 3.64. The molecular formula is C27H46N2. The van der Waals surface area contributed by atoms with Gasteiger partial charge < -0.3 is 10.2 Å². The lowest BCUT2D eigenvalue weighted by molar-refractivity contribution is -0.0114. The predicted molar refractivity (Wildman–Crippen MR) is 125 cm³/mol. The second kappa shape index (κ2) is 7.23. The van der Waals surface area contributed by atoms with Gasteiger partial charge in [0.15, 0.2) is 0 Å². The van der Waals surface area contributed by atoms with Crippen molar-refractivity contribution in [2.24, 2.45) is 34.0 Å². The summed E-state index contributed by atoms with van der Waals surface area (Å²) >= 11 is 0. The molecule has 0 aliphatic heterocycles. The molecular weight excluding hydrogens is 352 g/mol. The second-order valence-corrected chi connectivity index (χ2v) is 12.2. The van der Waals surface area contributed by atoms with Gasteiger partial charge in [-0.15, -0.1) is 0 Å². The third-order valence-electron chi connectivity index (χ3n) is 10.8. The van der Waals surface area contributed by atoms with Gasteiger partial charge in [-0.05, 0) is 113 Å². The average Bonchev–Trinajstić information content (AvgIpc) is 2.81. The minimum absolute atomic E-state index is 0.356. The maximum atomic E-state index is 3.64. The first-order valence-electron chi connectivity index (χ1n) is 12.3. The van der Waals surface area contributed by atoms with Crippen LogP contribution in [0.3, 0.4) is 0 Å². The molecule has 2 saturated carbocycles. The molecule has 0 saturated heterocycles. The van der Waals surface area contributed by atoms with Crippen LogP contribution < -0.4 is 5.32 Å². The zero-order valence-electron chi connectivity index (χ0n) is 20.4. The summed E-state index contributed by atoms with van der Waals surface area (Å²) in [4.78, 5) is 2.46. The quantitative estimate of drug-likeness (QED) is 0.622. The fourth-order valence-corrected chi connectivity index (χ4v) is 8.43. The highest BCUT2D eigenvalue weighted by atomic mass is 15.1. The maximum Gasteiger partial charge on any atom is 0.0124 e. The number of nitrogens with one attached hydrogen (secondary N) is 1. The van der Waals surface area contributed by atoms with E-state index in [4.69, 9.17) is 0 Å². The summed E-state index contributed by atoms with van der Waals surface area (Å²) in [5.74, 6) is 2.30. The highest BCUT2D eigenvalue weighted by Gasteiger charge is 2.60. The van der Waals surface area contributed by atoms with Crippen LogP contribution in [0.1, 0.15) is 79.6 Å². The van der Waals surface area contributed by atoms with Crippen LogP contribution in [0.25, 0.3) is 0 Å². The Balaban J connectivity index is 1.68. The van der Waals surface area contributed by atoms with E-state index in [1.54, 1.807) is 11.1 Å². The molecule has 0 bridgehead atoms. The summed E-state index contributed by atoms with van der Waals surface area (Å²) in [6.45, 7) is 12.8. The van der Waals surface area contributed by atoms with Gasteiger partial charge in [-0.3, -0.25) is 0 Å². The Morgan fingerprint density at radius 3 is 2.34 bits per heavy atom. The van der Waals surface area contributed by atoms with E-state index in [0.29, 0.717) is 28.3 Å². The molecule has 4 aliphatic carbocycles. The summed E-state index contributed by atoms with van der Waals surface area (Å²) < 4.78 is 0. The number of hydrogen-bond donors (Lipinski definition) is 1. The molecule has 0 spiro atoms. The standard InChI is InChI=1S/C27H46N2/c1-18(29(7)8)21-14-16-27(5)23-11-10-22-19(9-12-24(28-6)25(22,2)3)17-20(23)13-15-26(21,27)4/h13,17-18,21-24,28H,9-12,14-16H2,1-8H3. The SMILES string of the molecule is CNC1CCC2=CC3=CCC4(C)C(C(C)N(C)C)CCC4(C)C3CCC2C1(C)C. The molecule has 1 N–H and O–H groups in total. The van der Waals surface area contributed by atoms with Crippen molar-refractivity contribution < 1.29 is 0 Å². The van der Waals surface area contributed by atoms with E-state index in [2.05, 4.69) is 78.1 Å². The largest absolute Gasteiger partial charge is 0.316 e. The number of hydrogen-bond acceptors (Lipinski definition) is 2. The maximum absolute atomic E-state index is 3.64. The Hall–Kier alpha value is -0.600. The molecule has 0 amide bonds. The second-order valence-electron chi connectivity index (χ2n) is 12.2. The number of fused-ring (bicyclic) bond motifs is 4. The topological polar surface area (TPSA) is 15.3 Å². The molecule has 0 aromatic heterocycles. The van der Waals surface area contributed by atoms with Crippen molar-refractivity contribution in [3.8, 4) is 0 Å². The van der Waals surface area contributed by atoms with E-state index < -0.39 is 0 Å². The average molecular weight is 399 g/mol. The van der Waals surface area contributed by atoms with E-state index >= 15 is 0 Å². The highest BCUT2D eigenvalue weighted by molar-refractivity contribution is 5.37. The Kier molecular flexibility index (Phi) is 5.39. The van der Waals surface area contributed by atoms with Gasteiger partial charge in [-0.25, -0.2) is 0 Å². The number of allylic oxidation sites excluding steroid dienone is 4. The van der Waals surface area contributed by atoms with Gasteiger partial charge in [0.1, 0.15) is 0 Å². The van der Waals surface area contributed by atoms with Gasteiger partial charge in [0, 0.05) is 12.1 Å². The van der Waals surface area contributed by atoms with Crippen molar-refractivity contribution >= 4 is 0 Å². The first-order chi connectivity index (χ1) is 13.6. The Labute approximate surface area is 180 Å². The van der Waals surface area contributed by atoms with Crippen molar-refractivity contribution in [1.29, 1.82) is 0 Å². The zero-order chi connectivity index (χ0) is 21.2. The van der Waals surface area contributed by atoms with Gasteiger partial charge >= 0.3 is 0 Å². The van der Waals surface area contributed by atoms with Crippen LogP contribution in [0.15, 0.2) is 23.3 Å². The van der Waals surface area contributed by atoms with Crippen molar-refractivity contribution in [2.45, 2.75) is 91.6 Å². The monoisotopic (exact) mass is 398 g/mol. The third kappa shape index (κ3) is 3.03. The molecule has 2 nitrogen and oxygen atoms in total. The first kappa shape index (κ1) is 21.6. The Morgan fingerprint density at radius 2 is 1.69 bits per heavy atom. The molecule has 0 heterocycles. The highest BCUT2D eigenvalue weighted by Crippen LogP contribution is 2.68. The lowest BCUT2D eigenvalue weighted by atomic mass is 9.51. The van der Waals surface area contributed by atoms with E-state index in [1.807, 2.05) is 0 Å². The van der Waals surface area contributed by atoms with E-state index in [-0.39, 0.29) is 0 Å². The molecule has 164 valence electrons. The lowest BCUT2D eigenvalue weighted by Crippen LogP contribution is -2.49. The fraction of sp³-hybridized carbons (Fsp3) is 0.852. The summed E-state index contributed by atoms with van der Waals surface area (Å²) in [5.41, 5.74) is 4.71. The molecule has 4 rings (SSSR count). The van der Waals surface area contributed by atoms with Crippen molar-refractivity contribution in [2.75, 3.05) is 21.1 Å². The third-order valence-corrected chi connectivity index (χ3v) is 10.8. The fourth-order valence-electron chi connectivity index (χ4n) is 8.43. The van der Waals surface area contributed by atoms with Gasteiger partial charge in [-0.2, -0.15) is 0 Å². The summed E-state index contributed by atoms with van der Waals surface area (Å²) in [6, 6.07) is 1.32. The molecule has 2 fully saturated rings.